The van der Waals surface area contributed by atoms with Gasteiger partial charge in [0.15, 0.2) is 5.82 Å². The largest absolute Gasteiger partial charge is 0.476 e. The Bertz CT molecular complexity index is 1480. The molecule has 5 aromatic rings. The minimum Gasteiger partial charge on any atom is -0.476 e. The summed E-state index contributed by atoms with van der Waals surface area (Å²) in [5.74, 6) is -2.40. The molecule has 0 fully saturated rings. The number of pyridine rings is 2. The number of rotatable bonds is 7. The van der Waals surface area contributed by atoms with Crippen molar-refractivity contribution in [1.29, 1.82) is 0 Å². The van der Waals surface area contributed by atoms with Crippen LogP contribution in [-0.4, -0.2) is 31.9 Å². The molecule has 5 rings (SSSR count). The summed E-state index contributed by atoms with van der Waals surface area (Å²) >= 11 is 0. The molecule has 0 atom stereocenters. The Balaban J connectivity index is 1.40. The lowest BCUT2D eigenvalue weighted by Gasteiger charge is -2.08. The highest BCUT2D eigenvalue weighted by Crippen LogP contribution is 2.28. The maximum absolute atomic E-state index is 14.4. The van der Waals surface area contributed by atoms with Gasteiger partial charge in [-0.05, 0) is 36.4 Å². The number of aromatic amines is 1. The van der Waals surface area contributed by atoms with E-state index >= 15 is 0 Å². The van der Waals surface area contributed by atoms with Crippen molar-refractivity contribution in [2.45, 2.75) is 6.54 Å². The molecule has 0 bridgehead atoms. The van der Waals surface area contributed by atoms with E-state index in [9.17, 15) is 13.6 Å². The standard InChI is InChI=1S/C25H19F2N5O2/c26-19-4-5-20(28)23(27)22(19)24(33)18-14-31-25-17(18)11-16(13-30-25)15-3-6-21(29-12-15)34-10-9-32-7-1-2-8-32/h1-8,11-14H,9-10,28H2,(H,30,31). The zero-order valence-corrected chi connectivity index (χ0v) is 17.8. The second kappa shape index (κ2) is 8.78. The molecule has 34 heavy (non-hydrogen) atoms. The molecule has 0 aliphatic carbocycles. The Morgan fingerprint density at radius 2 is 1.85 bits per heavy atom. The van der Waals surface area contributed by atoms with E-state index in [-0.39, 0.29) is 11.3 Å². The normalized spacial score (nSPS) is 11.1. The number of carbonyl (C=O) groups excluding carboxylic acids is 1. The van der Waals surface area contributed by atoms with Crippen LogP contribution in [0.1, 0.15) is 15.9 Å². The SMILES string of the molecule is Nc1ccc(F)c(C(=O)c2c[nH]c3ncc(-c4ccc(OCCn5cccc5)nc4)cc23)c1F. The summed E-state index contributed by atoms with van der Waals surface area (Å²) in [5.41, 5.74) is 6.45. The van der Waals surface area contributed by atoms with Crippen LogP contribution in [-0.2, 0) is 6.54 Å². The quantitative estimate of drug-likeness (QED) is 0.274. The van der Waals surface area contributed by atoms with E-state index in [1.54, 1.807) is 24.5 Å². The maximum atomic E-state index is 14.4. The Hall–Kier alpha value is -4.53. The van der Waals surface area contributed by atoms with Gasteiger partial charge in [0.1, 0.15) is 18.1 Å². The number of nitrogens with one attached hydrogen (secondary N) is 1. The number of H-pyrrole nitrogens is 1. The molecule has 0 aliphatic heterocycles. The average Bonchev–Trinajstić information content (AvgIpc) is 3.52. The Kier molecular flexibility index (Phi) is 5.51. The highest BCUT2D eigenvalue weighted by molar-refractivity contribution is 6.16. The molecule has 1 aromatic carbocycles. The fraction of sp³-hybridized carbons (Fsp3) is 0.0800. The first kappa shape index (κ1) is 21.3. The summed E-state index contributed by atoms with van der Waals surface area (Å²) in [6, 6.07) is 11.2. The first-order chi connectivity index (χ1) is 16.5. The van der Waals surface area contributed by atoms with Crippen LogP contribution in [0.5, 0.6) is 5.88 Å². The number of ketones is 1. The molecule has 0 saturated heterocycles. The molecule has 7 nitrogen and oxygen atoms in total. The van der Waals surface area contributed by atoms with Crippen molar-refractivity contribution in [3.8, 4) is 17.0 Å². The summed E-state index contributed by atoms with van der Waals surface area (Å²) in [5, 5.41) is 0.427. The van der Waals surface area contributed by atoms with Crippen LogP contribution in [0.3, 0.4) is 0 Å². The number of nitrogens with two attached hydrogens (primary N) is 1. The molecular weight excluding hydrogens is 440 g/mol. The number of nitrogens with zero attached hydrogens (tertiary/aromatic N) is 3. The molecule has 4 heterocycles. The van der Waals surface area contributed by atoms with E-state index in [1.165, 1.54) is 6.20 Å². The third-order valence-corrected chi connectivity index (χ3v) is 5.46. The minimum absolute atomic E-state index is 0.0886. The number of fused-ring (bicyclic) bond motifs is 1. The van der Waals surface area contributed by atoms with E-state index in [0.717, 1.165) is 17.7 Å². The number of hydrogen-bond acceptors (Lipinski definition) is 5. The third-order valence-electron chi connectivity index (χ3n) is 5.46. The number of aromatic nitrogens is 4. The van der Waals surface area contributed by atoms with Crippen LogP contribution in [0.2, 0.25) is 0 Å². The van der Waals surface area contributed by atoms with Crippen molar-refractivity contribution in [2.24, 2.45) is 0 Å². The van der Waals surface area contributed by atoms with Crippen LogP contribution in [0.25, 0.3) is 22.2 Å². The van der Waals surface area contributed by atoms with E-state index in [2.05, 4.69) is 15.0 Å². The molecule has 9 heteroatoms. The van der Waals surface area contributed by atoms with Gasteiger partial charge in [0.25, 0.3) is 0 Å². The van der Waals surface area contributed by atoms with Gasteiger partial charge in [-0.25, -0.2) is 18.7 Å². The highest BCUT2D eigenvalue weighted by atomic mass is 19.1. The first-order valence-electron chi connectivity index (χ1n) is 10.5. The lowest BCUT2D eigenvalue weighted by molar-refractivity contribution is 0.103. The highest BCUT2D eigenvalue weighted by Gasteiger charge is 2.24. The van der Waals surface area contributed by atoms with E-state index in [1.807, 2.05) is 35.2 Å². The second-order valence-corrected chi connectivity index (χ2v) is 7.63. The van der Waals surface area contributed by atoms with Gasteiger partial charge in [0.2, 0.25) is 11.7 Å². The van der Waals surface area contributed by atoms with Gasteiger partial charge < -0.3 is 20.0 Å². The van der Waals surface area contributed by atoms with Crippen molar-refractivity contribution >= 4 is 22.5 Å². The fourth-order valence-electron chi connectivity index (χ4n) is 3.67. The van der Waals surface area contributed by atoms with Crippen LogP contribution in [0.15, 0.2) is 73.4 Å². The number of hydrogen-bond donors (Lipinski definition) is 2. The zero-order chi connectivity index (χ0) is 23.7. The van der Waals surface area contributed by atoms with Gasteiger partial charge in [0.05, 0.1) is 17.8 Å². The van der Waals surface area contributed by atoms with Crippen LogP contribution in [0.4, 0.5) is 14.5 Å². The van der Waals surface area contributed by atoms with Crippen molar-refractivity contribution in [1.82, 2.24) is 19.5 Å². The topological polar surface area (TPSA) is 98.8 Å². The first-order valence-corrected chi connectivity index (χ1v) is 10.5. The number of anilines is 1. The van der Waals surface area contributed by atoms with Crippen molar-refractivity contribution in [3.05, 3.63) is 96.2 Å². The predicted octanol–water partition coefficient (Wildman–Crippen LogP) is 4.60. The summed E-state index contributed by atoms with van der Waals surface area (Å²) in [6.07, 6.45) is 8.56. The van der Waals surface area contributed by atoms with E-state index in [4.69, 9.17) is 10.5 Å². The number of nitrogen functional groups attached to an aromatic ring is 1. The van der Waals surface area contributed by atoms with Crippen molar-refractivity contribution < 1.29 is 18.3 Å². The molecule has 0 spiro atoms. The lowest BCUT2D eigenvalue weighted by atomic mass is 10.00. The lowest BCUT2D eigenvalue weighted by Crippen LogP contribution is -2.09. The summed E-state index contributed by atoms with van der Waals surface area (Å²) in [4.78, 5) is 24.5. The molecule has 0 unspecified atom stereocenters. The number of halogens is 2. The van der Waals surface area contributed by atoms with Crippen LogP contribution in [0, 0.1) is 11.6 Å². The van der Waals surface area contributed by atoms with E-state index in [0.29, 0.717) is 35.6 Å². The van der Waals surface area contributed by atoms with Crippen molar-refractivity contribution in [2.75, 3.05) is 12.3 Å². The smallest absolute Gasteiger partial charge is 0.213 e. The molecule has 0 saturated carbocycles. The average molecular weight is 459 g/mol. The van der Waals surface area contributed by atoms with Crippen LogP contribution < -0.4 is 10.5 Å². The molecule has 0 radical (unpaired) electrons. The minimum atomic E-state index is -1.08. The number of benzene rings is 1. The zero-order valence-electron chi connectivity index (χ0n) is 17.8. The van der Waals surface area contributed by atoms with Gasteiger partial charge in [-0.3, -0.25) is 4.79 Å². The Labute approximate surface area is 192 Å². The molecule has 4 aromatic heterocycles. The molecule has 0 amide bonds. The fourth-order valence-corrected chi connectivity index (χ4v) is 3.67. The van der Waals surface area contributed by atoms with Crippen molar-refractivity contribution in [3.63, 3.8) is 0 Å². The number of ether oxygens (including phenoxy) is 1. The molecule has 170 valence electrons. The second-order valence-electron chi connectivity index (χ2n) is 7.63. The van der Waals surface area contributed by atoms with Crippen LogP contribution >= 0.6 is 0 Å². The van der Waals surface area contributed by atoms with Gasteiger partial charge >= 0.3 is 0 Å². The number of carbonyl (C=O) groups is 1. The summed E-state index contributed by atoms with van der Waals surface area (Å²) in [7, 11) is 0. The Morgan fingerprint density at radius 3 is 2.62 bits per heavy atom. The Morgan fingerprint density at radius 1 is 1.06 bits per heavy atom. The van der Waals surface area contributed by atoms with Gasteiger partial charge in [-0.2, -0.15) is 0 Å². The monoisotopic (exact) mass is 459 g/mol. The molecular formula is C25H19F2N5O2. The predicted molar refractivity (Wildman–Crippen MR) is 123 cm³/mol. The maximum Gasteiger partial charge on any atom is 0.213 e. The summed E-state index contributed by atoms with van der Waals surface area (Å²) in [6.45, 7) is 1.18. The molecule has 0 aliphatic rings. The summed E-state index contributed by atoms with van der Waals surface area (Å²) < 4.78 is 36.4. The third kappa shape index (κ3) is 3.99. The molecule has 3 N–H and O–H groups in total. The van der Waals surface area contributed by atoms with Gasteiger partial charge in [-0.15, -0.1) is 0 Å². The van der Waals surface area contributed by atoms with Gasteiger partial charge in [-0.1, -0.05) is 0 Å². The van der Waals surface area contributed by atoms with Gasteiger partial charge in [0, 0.05) is 59.1 Å². The van der Waals surface area contributed by atoms with E-state index < -0.39 is 23.0 Å².